The van der Waals surface area contributed by atoms with E-state index in [-0.39, 0.29) is 23.0 Å². The van der Waals surface area contributed by atoms with Crippen LogP contribution >= 0.6 is 11.6 Å². The van der Waals surface area contributed by atoms with Crippen LogP contribution in [-0.4, -0.2) is 12.6 Å². The van der Waals surface area contributed by atoms with Gasteiger partial charge in [0.25, 0.3) is 0 Å². The molecule has 0 spiro atoms. The number of fused-ring (bicyclic) bond motifs is 2. The predicted molar refractivity (Wildman–Crippen MR) is 134 cm³/mol. The van der Waals surface area contributed by atoms with E-state index in [1.165, 1.54) is 0 Å². The van der Waals surface area contributed by atoms with Gasteiger partial charge in [-0.05, 0) is 55.8 Å². The van der Waals surface area contributed by atoms with Gasteiger partial charge in [0, 0.05) is 27.6 Å². The highest BCUT2D eigenvalue weighted by Crippen LogP contribution is 2.44. The fourth-order valence-corrected chi connectivity index (χ4v) is 4.51. The number of esters is 1. The number of allylic oxidation sites excluding steroid dienone is 1. The first-order chi connectivity index (χ1) is 17.4. The van der Waals surface area contributed by atoms with Crippen molar-refractivity contribution in [1.82, 2.24) is 0 Å². The summed E-state index contributed by atoms with van der Waals surface area (Å²) in [6.07, 6.45) is 0. The van der Waals surface area contributed by atoms with Gasteiger partial charge in [-0.1, -0.05) is 29.8 Å². The quantitative estimate of drug-likeness (QED) is 0.255. The standard InChI is InChI=1S/C28H21ClN2O5/c1-3-33-18-6-4-5-16(11-18)25-20-9-8-19(13-24(20)36-27(31)22(25)14-30)34-28(32)26-15(2)21-12-17(29)7-10-23(21)35-26/h4-13,25H,3,31H2,1-2H3. The first-order valence-corrected chi connectivity index (χ1v) is 11.6. The Balaban J connectivity index is 1.48. The minimum Gasteiger partial charge on any atom is -0.494 e. The number of nitriles is 1. The van der Waals surface area contributed by atoms with E-state index in [1.807, 2.05) is 31.2 Å². The molecule has 7 nitrogen and oxygen atoms in total. The Morgan fingerprint density at radius 1 is 1.14 bits per heavy atom. The van der Waals surface area contributed by atoms with E-state index in [4.69, 9.17) is 36.0 Å². The number of nitrogens with two attached hydrogens (primary N) is 1. The van der Waals surface area contributed by atoms with Crippen molar-refractivity contribution < 1.29 is 23.4 Å². The van der Waals surface area contributed by atoms with Gasteiger partial charge in [0.15, 0.2) is 0 Å². The van der Waals surface area contributed by atoms with Crippen LogP contribution < -0.4 is 19.9 Å². The first-order valence-electron chi connectivity index (χ1n) is 11.2. The molecule has 1 atom stereocenters. The predicted octanol–water partition coefficient (Wildman–Crippen LogP) is 6.23. The second-order valence-electron chi connectivity index (χ2n) is 8.22. The van der Waals surface area contributed by atoms with E-state index in [9.17, 15) is 10.1 Å². The maximum Gasteiger partial charge on any atom is 0.379 e. The maximum absolute atomic E-state index is 12.9. The lowest BCUT2D eigenvalue weighted by Crippen LogP contribution is -2.21. The van der Waals surface area contributed by atoms with Crippen LogP contribution in [0.3, 0.4) is 0 Å². The summed E-state index contributed by atoms with van der Waals surface area (Å²) in [6.45, 7) is 4.19. The van der Waals surface area contributed by atoms with Crippen LogP contribution in [0, 0.1) is 18.3 Å². The SMILES string of the molecule is CCOc1cccc(C2C(C#N)=C(N)Oc3cc(OC(=O)c4oc5ccc(Cl)cc5c4C)ccc32)c1. The molecule has 1 aliphatic heterocycles. The molecule has 36 heavy (non-hydrogen) atoms. The molecule has 0 saturated heterocycles. The average molecular weight is 501 g/mol. The number of benzene rings is 3. The number of halogens is 1. The summed E-state index contributed by atoms with van der Waals surface area (Å²) in [5, 5.41) is 11.1. The molecule has 0 saturated carbocycles. The number of hydrogen-bond donors (Lipinski definition) is 1. The normalized spacial score (nSPS) is 14.7. The lowest BCUT2D eigenvalue weighted by molar-refractivity contribution is 0.0702. The van der Waals surface area contributed by atoms with Gasteiger partial charge in [0.05, 0.1) is 12.5 Å². The third-order valence-corrected chi connectivity index (χ3v) is 6.22. The van der Waals surface area contributed by atoms with Gasteiger partial charge in [-0.15, -0.1) is 0 Å². The summed E-state index contributed by atoms with van der Waals surface area (Å²) < 4.78 is 22.7. The summed E-state index contributed by atoms with van der Waals surface area (Å²) in [6, 6.07) is 19.8. The Morgan fingerprint density at radius 3 is 2.75 bits per heavy atom. The van der Waals surface area contributed by atoms with Crippen molar-refractivity contribution in [3.8, 4) is 23.3 Å². The zero-order valence-electron chi connectivity index (χ0n) is 19.5. The van der Waals surface area contributed by atoms with Gasteiger partial charge >= 0.3 is 5.97 Å². The fourth-order valence-electron chi connectivity index (χ4n) is 4.33. The zero-order chi connectivity index (χ0) is 25.4. The van der Waals surface area contributed by atoms with Gasteiger partial charge in [0.1, 0.15) is 34.5 Å². The molecule has 4 aromatic rings. The summed E-state index contributed by atoms with van der Waals surface area (Å²) >= 11 is 6.08. The van der Waals surface area contributed by atoms with E-state index in [1.54, 1.807) is 43.3 Å². The van der Waals surface area contributed by atoms with E-state index in [0.29, 0.717) is 39.8 Å². The smallest absolute Gasteiger partial charge is 0.379 e. The van der Waals surface area contributed by atoms with Crippen molar-refractivity contribution in [2.75, 3.05) is 6.61 Å². The molecule has 0 amide bonds. The van der Waals surface area contributed by atoms with Crippen LogP contribution in [0.2, 0.25) is 5.02 Å². The third-order valence-electron chi connectivity index (χ3n) is 5.99. The van der Waals surface area contributed by atoms with Crippen molar-refractivity contribution >= 4 is 28.5 Å². The molecule has 0 aliphatic carbocycles. The van der Waals surface area contributed by atoms with Gasteiger partial charge in [-0.2, -0.15) is 5.26 Å². The Bertz CT molecular complexity index is 1580. The highest BCUT2D eigenvalue weighted by molar-refractivity contribution is 6.31. The Labute approximate surface area is 212 Å². The van der Waals surface area contributed by atoms with Crippen LogP contribution in [0.5, 0.6) is 17.2 Å². The number of hydrogen-bond acceptors (Lipinski definition) is 7. The first kappa shape index (κ1) is 23.3. The zero-order valence-corrected chi connectivity index (χ0v) is 20.3. The number of nitrogens with zero attached hydrogens (tertiary/aromatic N) is 1. The van der Waals surface area contributed by atoms with E-state index >= 15 is 0 Å². The molecular weight excluding hydrogens is 480 g/mol. The molecular formula is C28H21ClN2O5. The van der Waals surface area contributed by atoms with E-state index in [2.05, 4.69) is 6.07 Å². The second-order valence-corrected chi connectivity index (χ2v) is 8.65. The number of ether oxygens (including phenoxy) is 3. The minimum absolute atomic E-state index is 0.00898. The molecule has 180 valence electrons. The second kappa shape index (κ2) is 9.33. The summed E-state index contributed by atoms with van der Waals surface area (Å²) in [4.78, 5) is 12.9. The van der Waals surface area contributed by atoms with Crippen LogP contribution in [0.1, 0.15) is 40.1 Å². The van der Waals surface area contributed by atoms with Crippen molar-refractivity contribution in [2.24, 2.45) is 5.73 Å². The maximum atomic E-state index is 12.9. The molecule has 1 aromatic heterocycles. The lowest BCUT2D eigenvalue weighted by atomic mass is 9.83. The topological polar surface area (TPSA) is 108 Å². The highest BCUT2D eigenvalue weighted by Gasteiger charge is 2.31. The summed E-state index contributed by atoms with van der Waals surface area (Å²) in [5.74, 6) is 0.271. The van der Waals surface area contributed by atoms with E-state index in [0.717, 1.165) is 10.9 Å². The van der Waals surface area contributed by atoms with Gasteiger partial charge in [-0.25, -0.2) is 4.79 Å². The number of carbonyl (C=O) groups is 1. The number of aryl methyl sites for hydroxylation is 1. The van der Waals surface area contributed by atoms with Crippen molar-refractivity contribution in [1.29, 1.82) is 5.26 Å². The number of rotatable bonds is 5. The Hall–Kier alpha value is -4.41. The molecule has 0 bridgehead atoms. The molecule has 1 unspecified atom stereocenters. The number of furan rings is 1. The molecule has 0 radical (unpaired) electrons. The van der Waals surface area contributed by atoms with Crippen LogP contribution in [0.15, 0.2) is 76.5 Å². The highest BCUT2D eigenvalue weighted by atomic mass is 35.5. The molecule has 3 aromatic carbocycles. The molecule has 2 N–H and O–H groups in total. The molecule has 5 rings (SSSR count). The fraction of sp³-hybridized carbons (Fsp3) is 0.143. The average Bonchev–Trinajstić information content (AvgIpc) is 3.19. The summed E-state index contributed by atoms with van der Waals surface area (Å²) in [5.41, 5.74) is 9.11. The minimum atomic E-state index is -0.655. The van der Waals surface area contributed by atoms with Crippen molar-refractivity contribution in [3.63, 3.8) is 0 Å². The third kappa shape index (κ3) is 4.12. The van der Waals surface area contributed by atoms with Gasteiger partial charge in [0.2, 0.25) is 11.6 Å². The monoisotopic (exact) mass is 500 g/mol. The molecule has 2 heterocycles. The van der Waals surface area contributed by atoms with Crippen LogP contribution in [-0.2, 0) is 0 Å². The summed E-state index contributed by atoms with van der Waals surface area (Å²) in [7, 11) is 0. The van der Waals surface area contributed by atoms with E-state index < -0.39 is 11.9 Å². The van der Waals surface area contributed by atoms with Crippen LogP contribution in [0.4, 0.5) is 0 Å². The Kier molecular flexibility index (Phi) is 6.05. The molecule has 1 aliphatic rings. The van der Waals surface area contributed by atoms with Crippen molar-refractivity contribution in [2.45, 2.75) is 19.8 Å². The van der Waals surface area contributed by atoms with Crippen LogP contribution in [0.25, 0.3) is 11.0 Å². The van der Waals surface area contributed by atoms with Gasteiger partial charge < -0.3 is 24.4 Å². The van der Waals surface area contributed by atoms with Crippen molar-refractivity contribution in [3.05, 3.63) is 99.6 Å². The Morgan fingerprint density at radius 2 is 1.97 bits per heavy atom. The largest absolute Gasteiger partial charge is 0.494 e. The molecule has 8 heteroatoms. The van der Waals surface area contributed by atoms with Gasteiger partial charge in [-0.3, -0.25) is 0 Å². The lowest BCUT2D eigenvalue weighted by Gasteiger charge is -2.27. The molecule has 0 fully saturated rings. The number of carbonyl (C=O) groups excluding carboxylic acids is 1.